The molecule has 0 nitrogen and oxygen atoms in total. The van der Waals surface area contributed by atoms with Gasteiger partial charge in [-0.1, -0.05) is 99.5 Å². The Hall–Kier alpha value is -1.66. The summed E-state index contributed by atoms with van der Waals surface area (Å²) in [6, 6.07) is 20.7. The van der Waals surface area contributed by atoms with Crippen LogP contribution in [0.3, 0.4) is 0 Å². The van der Waals surface area contributed by atoms with Crippen molar-refractivity contribution in [1.29, 1.82) is 0 Å². The van der Waals surface area contributed by atoms with E-state index in [1.54, 1.807) is 0 Å². The van der Waals surface area contributed by atoms with Crippen molar-refractivity contribution in [2.75, 3.05) is 0 Å². The molecular formula is C28H26Cl2Zr. The van der Waals surface area contributed by atoms with Gasteiger partial charge in [0.1, 0.15) is 0 Å². The quantitative estimate of drug-likeness (QED) is 0.524. The summed E-state index contributed by atoms with van der Waals surface area (Å²) in [7, 11) is 0. The molecule has 0 unspecified atom stereocenters. The van der Waals surface area contributed by atoms with E-state index in [0.29, 0.717) is 0 Å². The van der Waals surface area contributed by atoms with Crippen molar-refractivity contribution in [3.8, 4) is 0 Å². The van der Waals surface area contributed by atoms with Gasteiger partial charge in [0.05, 0.1) is 0 Å². The first-order chi connectivity index (χ1) is 13.5. The Bertz CT molecular complexity index is 928. The topological polar surface area (TPSA) is 0 Å². The molecule has 0 aliphatic heterocycles. The SMILES string of the molecule is CC(C)=C1[C-]=C(c2ccccc2)C=C1.CC(C)=C1[C-]=C(c2ccccc2)C=C1.[Cl-].[Cl-].[Zr+4]. The molecule has 0 radical (unpaired) electrons. The van der Waals surface area contributed by atoms with Gasteiger partial charge in [-0.25, -0.2) is 0 Å². The van der Waals surface area contributed by atoms with Crippen LogP contribution in [0.15, 0.2) is 107 Å². The minimum Gasteiger partial charge on any atom is -1.00 e. The molecule has 0 saturated heterocycles. The van der Waals surface area contributed by atoms with Gasteiger partial charge in [-0.3, -0.25) is 0 Å². The molecule has 3 heteroatoms. The van der Waals surface area contributed by atoms with E-state index in [1.807, 2.05) is 12.1 Å². The molecule has 0 atom stereocenters. The Balaban J connectivity index is 0.000000529. The molecule has 31 heavy (non-hydrogen) atoms. The van der Waals surface area contributed by atoms with Crippen molar-refractivity contribution in [1.82, 2.24) is 0 Å². The van der Waals surface area contributed by atoms with Crippen molar-refractivity contribution in [3.05, 3.63) is 131 Å². The third-order valence-corrected chi connectivity index (χ3v) is 4.62. The van der Waals surface area contributed by atoms with E-state index in [1.165, 1.54) is 44.6 Å². The average molecular weight is 525 g/mol. The second kappa shape index (κ2) is 14.4. The van der Waals surface area contributed by atoms with Gasteiger partial charge in [0, 0.05) is 0 Å². The van der Waals surface area contributed by atoms with Crippen LogP contribution in [0.2, 0.25) is 0 Å². The molecule has 0 amide bonds. The van der Waals surface area contributed by atoms with Crippen molar-refractivity contribution in [3.63, 3.8) is 0 Å². The van der Waals surface area contributed by atoms with Gasteiger partial charge in [-0.05, 0) is 0 Å². The van der Waals surface area contributed by atoms with E-state index in [9.17, 15) is 0 Å². The summed E-state index contributed by atoms with van der Waals surface area (Å²) in [6.07, 6.45) is 15.3. The predicted molar refractivity (Wildman–Crippen MR) is 121 cm³/mol. The van der Waals surface area contributed by atoms with Crippen molar-refractivity contribution in [2.45, 2.75) is 27.7 Å². The number of halogens is 2. The van der Waals surface area contributed by atoms with E-state index in [2.05, 4.69) is 113 Å². The largest absolute Gasteiger partial charge is 4.00 e. The smallest absolute Gasteiger partial charge is 1.00 e. The van der Waals surface area contributed by atoms with Crippen LogP contribution in [0.4, 0.5) is 0 Å². The molecule has 0 bridgehead atoms. The van der Waals surface area contributed by atoms with Crippen LogP contribution in [-0.2, 0) is 26.2 Å². The molecule has 0 spiro atoms. The molecule has 156 valence electrons. The molecule has 2 aromatic carbocycles. The predicted octanol–water partition coefficient (Wildman–Crippen LogP) is 1.56. The van der Waals surface area contributed by atoms with Crippen molar-refractivity contribution >= 4 is 11.1 Å². The number of rotatable bonds is 2. The number of benzene rings is 2. The molecule has 0 fully saturated rings. The molecule has 2 aromatic rings. The van der Waals surface area contributed by atoms with Gasteiger partial charge in [0.25, 0.3) is 0 Å². The summed E-state index contributed by atoms with van der Waals surface area (Å²) < 4.78 is 0. The molecule has 2 aliphatic carbocycles. The second-order valence-corrected chi connectivity index (χ2v) is 7.30. The van der Waals surface area contributed by atoms with E-state index >= 15 is 0 Å². The third kappa shape index (κ3) is 8.42. The zero-order valence-electron chi connectivity index (χ0n) is 18.3. The third-order valence-electron chi connectivity index (χ3n) is 4.62. The van der Waals surface area contributed by atoms with Crippen molar-refractivity contribution in [2.24, 2.45) is 0 Å². The van der Waals surface area contributed by atoms with E-state index < -0.39 is 0 Å². The van der Waals surface area contributed by atoms with E-state index in [-0.39, 0.29) is 51.0 Å². The zero-order valence-corrected chi connectivity index (χ0v) is 22.3. The Labute approximate surface area is 219 Å². The second-order valence-electron chi connectivity index (χ2n) is 7.30. The molecule has 2 aliphatic rings. The minimum absolute atomic E-state index is 0. The summed E-state index contributed by atoms with van der Waals surface area (Å²) in [6.45, 7) is 8.45. The average Bonchev–Trinajstić information content (AvgIpc) is 3.40. The molecule has 0 saturated carbocycles. The van der Waals surface area contributed by atoms with E-state index in [0.717, 1.165) is 0 Å². The summed E-state index contributed by atoms with van der Waals surface area (Å²) in [5.74, 6) is 0. The van der Waals surface area contributed by atoms with Gasteiger partial charge in [-0.15, -0.1) is 45.6 Å². The Morgan fingerprint density at radius 1 is 0.516 bits per heavy atom. The van der Waals surface area contributed by atoms with Crippen LogP contribution < -0.4 is 24.8 Å². The number of allylic oxidation sites excluding steroid dienone is 12. The van der Waals surface area contributed by atoms with Crippen LogP contribution in [-0.4, -0.2) is 0 Å². The van der Waals surface area contributed by atoms with Gasteiger partial charge >= 0.3 is 26.2 Å². The van der Waals surface area contributed by atoms with Crippen LogP contribution in [0.25, 0.3) is 11.1 Å². The Morgan fingerprint density at radius 3 is 1.10 bits per heavy atom. The Morgan fingerprint density at radius 2 is 0.839 bits per heavy atom. The summed E-state index contributed by atoms with van der Waals surface area (Å²) >= 11 is 0. The maximum Gasteiger partial charge on any atom is 4.00 e. The van der Waals surface area contributed by atoms with Gasteiger partial charge in [-0.2, -0.15) is 24.3 Å². The first-order valence-electron chi connectivity index (χ1n) is 9.64. The van der Waals surface area contributed by atoms with Crippen LogP contribution in [0.5, 0.6) is 0 Å². The van der Waals surface area contributed by atoms with Gasteiger partial charge in [0.2, 0.25) is 0 Å². The summed E-state index contributed by atoms with van der Waals surface area (Å²) in [4.78, 5) is 0. The standard InChI is InChI=1S/2C14H13.2ClH.Zr/c2*1-11(2)13-8-9-14(10-13)12-6-4-3-5-7-12;;;/h2*3-9H,1-2H3;2*1H;/q2*-1;;;+4/p-2. The van der Waals surface area contributed by atoms with Crippen molar-refractivity contribution < 1.29 is 51.0 Å². The number of hydrogen-bond acceptors (Lipinski definition) is 0. The monoisotopic (exact) mass is 522 g/mol. The first kappa shape index (κ1) is 29.3. The van der Waals surface area contributed by atoms with Crippen LogP contribution >= 0.6 is 0 Å². The van der Waals surface area contributed by atoms with E-state index in [4.69, 9.17) is 0 Å². The molecule has 0 N–H and O–H groups in total. The fourth-order valence-corrected chi connectivity index (χ4v) is 2.95. The number of hydrogen-bond donors (Lipinski definition) is 0. The molecule has 0 heterocycles. The molecule has 0 aromatic heterocycles. The summed E-state index contributed by atoms with van der Waals surface area (Å²) in [5.41, 5.74) is 9.88. The normalized spacial score (nSPS) is 13.0. The maximum atomic E-state index is 3.39. The molecule has 4 rings (SSSR count). The van der Waals surface area contributed by atoms with Crippen LogP contribution in [0, 0.1) is 12.2 Å². The fraction of sp³-hybridized carbons (Fsp3) is 0.143. The first-order valence-corrected chi connectivity index (χ1v) is 9.64. The minimum atomic E-state index is 0. The fourth-order valence-electron chi connectivity index (χ4n) is 2.95. The zero-order chi connectivity index (χ0) is 19.9. The van der Waals surface area contributed by atoms with Gasteiger partial charge in [0.15, 0.2) is 0 Å². The summed E-state index contributed by atoms with van der Waals surface area (Å²) in [5, 5.41) is 0. The molecular weight excluding hydrogens is 498 g/mol. The van der Waals surface area contributed by atoms with Gasteiger partial charge < -0.3 is 24.8 Å². The Kier molecular flexibility index (Phi) is 13.6. The van der Waals surface area contributed by atoms with Crippen LogP contribution in [0.1, 0.15) is 38.8 Å². The maximum absolute atomic E-state index is 3.39.